The lowest BCUT2D eigenvalue weighted by molar-refractivity contribution is -0.145. The molecule has 0 unspecified atom stereocenters. The Morgan fingerprint density at radius 1 is 0.721 bits per heavy atom. The van der Waals surface area contributed by atoms with Crippen LogP contribution in [0, 0.1) is 17.8 Å². The van der Waals surface area contributed by atoms with Crippen LogP contribution in [-0.2, 0) is 38.6 Å². The Hall–Kier alpha value is -3.92. The summed E-state index contributed by atoms with van der Waals surface area (Å²) in [4.78, 5) is 68.4. The Morgan fingerprint density at radius 3 is 1.67 bits per heavy atom. The zero-order valence-electron chi connectivity index (χ0n) is 37.7. The third-order valence-electron chi connectivity index (χ3n) is 11.8. The van der Waals surface area contributed by atoms with Crippen LogP contribution in [0.15, 0.2) is 29.2 Å². The molecular weight excluding hydrogens is 803 g/mol. The molecule has 1 aromatic carbocycles. The van der Waals surface area contributed by atoms with E-state index in [0.29, 0.717) is 56.8 Å². The van der Waals surface area contributed by atoms with E-state index in [1.807, 2.05) is 53.7 Å². The zero-order valence-corrected chi connectivity index (χ0v) is 38.5. The number of ether oxygens (including phenoxy) is 3. The van der Waals surface area contributed by atoms with Gasteiger partial charge < -0.3 is 34.6 Å². The second-order valence-corrected chi connectivity index (χ2v) is 20.7. The van der Waals surface area contributed by atoms with Gasteiger partial charge in [-0.05, 0) is 148 Å². The van der Waals surface area contributed by atoms with Crippen LogP contribution in [-0.4, -0.2) is 111 Å². The molecule has 2 saturated heterocycles. The topological polar surface area (TPSA) is 190 Å². The van der Waals surface area contributed by atoms with Crippen molar-refractivity contribution >= 4 is 40.0 Å². The van der Waals surface area contributed by atoms with Crippen molar-refractivity contribution in [3.05, 3.63) is 29.8 Å². The Kier molecular flexibility index (Phi) is 18.7. The highest BCUT2D eigenvalue weighted by atomic mass is 32.2. The second-order valence-electron chi connectivity index (χ2n) is 19.0. The average molecular weight is 876 g/mol. The van der Waals surface area contributed by atoms with Crippen molar-refractivity contribution in [3.8, 4) is 0 Å². The van der Waals surface area contributed by atoms with Crippen molar-refractivity contribution in [1.29, 1.82) is 0 Å². The monoisotopic (exact) mass is 876 g/mol. The van der Waals surface area contributed by atoms with E-state index < -0.39 is 39.1 Å². The van der Waals surface area contributed by atoms with E-state index >= 15 is 0 Å². The van der Waals surface area contributed by atoms with Gasteiger partial charge in [0.25, 0.3) is 0 Å². The maximum Gasteiger partial charge on any atom is 0.410 e. The molecular formula is C45H73N5O10S. The highest BCUT2D eigenvalue weighted by Gasteiger charge is 2.32. The minimum absolute atomic E-state index is 0.00757. The maximum absolute atomic E-state index is 13.7. The van der Waals surface area contributed by atoms with Crippen LogP contribution in [0.4, 0.5) is 9.59 Å². The summed E-state index contributed by atoms with van der Waals surface area (Å²) in [5.74, 6) is -0.982. The van der Waals surface area contributed by atoms with Crippen molar-refractivity contribution in [2.75, 3.05) is 45.9 Å². The van der Waals surface area contributed by atoms with Gasteiger partial charge in [0, 0.05) is 38.6 Å². The molecule has 1 saturated carbocycles. The summed E-state index contributed by atoms with van der Waals surface area (Å²) in [6.07, 6.45) is 11.0. The number of nitrogens with one attached hydrogen (secondary N) is 3. The van der Waals surface area contributed by atoms with Gasteiger partial charge in [-0.15, -0.1) is 0 Å². The van der Waals surface area contributed by atoms with Crippen LogP contribution in [0.2, 0.25) is 0 Å². The van der Waals surface area contributed by atoms with Crippen LogP contribution in [0.25, 0.3) is 0 Å². The number of carbonyl (C=O) groups excluding carboxylic acids is 5. The lowest BCUT2D eigenvalue weighted by Crippen LogP contribution is -2.50. The fourth-order valence-electron chi connectivity index (χ4n) is 8.36. The summed E-state index contributed by atoms with van der Waals surface area (Å²) in [5, 5.41) is 5.38. The van der Waals surface area contributed by atoms with Crippen LogP contribution in [0.1, 0.15) is 143 Å². The molecule has 0 spiro atoms. The lowest BCUT2D eigenvalue weighted by Gasteiger charge is -2.34. The molecule has 2 heterocycles. The molecule has 3 fully saturated rings. The lowest BCUT2D eigenvalue weighted by atomic mass is 9.84. The number of esters is 1. The molecule has 0 aromatic heterocycles. The van der Waals surface area contributed by atoms with Crippen LogP contribution in [0.3, 0.4) is 0 Å². The SMILES string of the molecule is CCOC(=O)[C@H](CNC(=O)CNC(=O)C(CCC1CCN(C(=O)OC(C)(C)C)CC1)CCC1CCN(C(=O)OC(C)(C)C)CC1)NS(=O)(=O)c1ccc(C2CCCCC2)cc1. The first-order chi connectivity index (χ1) is 28.7. The molecule has 4 amide bonds. The number of carbonyl (C=O) groups is 5. The highest BCUT2D eigenvalue weighted by molar-refractivity contribution is 7.89. The zero-order chi connectivity index (χ0) is 44.8. The van der Waals surface area contributed by atoms with Crippen molar-refractivity contribution in [2.24, 2.45) is 17.8 Å². The molecule has 4 rings (SSSR count). The summed E-state index contributed by atoms with van der Waals surface area (Å²) in [7, 11) is -4.14. The van der Waals surface area contributed by atoms with E-state index in [0.717, 1.165) is 69.8 Å². The van der Waals surface area contributed by atoms with Gasteiger partial charge in [0.2, 0.25) is 21.8 Å². The molecule has 2 aliphatic heterocycles. The molecule has 0 radical (unpaired) electrons. The number of nitrogens with zero attached hydrogens (tertiary/aromatic N) is 2. The van der Waals surface area contributed by atoms with Crippen LogP contribution < -0.4 is 15.4 Å². The Morgan fingerprint density at radius 2 is 1.21 bits per heavy atom. The summed E-state index contributed by atoms with van der Waals surface area (Å²) < 4.78 is 45.4. The van der Waals surface area contributed by atoms with Gasteiger partial charge in [-0.3, -0.25) is 14.4 Å². The van der Waals surface area contributed by atoms with E-state index in [1.54, 1.807) is 28.9 Å². The number of amides is 4. The van der Waals surface area contributed by atoms with Crippen molar-refractivity contribution in [3.63, 3.8) is 0 Å². The smallest absolute Gasteiger partial charge is 0.410 e. The number of benzene rings is 1. The van der Waals surface area contributed by atoms with Crippen LogP contribution in [0.5, 0.6) is 0 Å². The summed E-state index contributed by atoms with van der Waals surface area (Å²) in [6, 6.07) is 5.34. The van der Waals surface area contributed by atoms with Gasteiger partial charge in [0.05, 0.1) is 18.0 Å². The molecule has 3 aliphatic rings. The minimum atomic E-state index is -4.14. The van der Waals surface area contributed by atoms with Gasteiger partial charge in [0.1, 0.15) is 17.2 Å². The molecule has 3 N–H and O–H groups in total. The molecule has 1 aromatic rings. The third kappa shape index (κ3) is 17.0. The summed E-state index contributed by atoms with van der Waals surface area (Å²) in [5.41, 5.74) is -0.0454. The molecule has 1 atom stereocenters. The quantitative estimate of drug-likeness (QED) is 0.113. The molecule has 344 valence electrons. The first-order valence-corrected chi connectivity index (χ1v) is 24.0. The first kappa shape index (κ1) is 49.7. The number of likely N-dealkylation sites (tertiary alicyclic amines) is 2. The van der Waals surface area contributed by atoms with Gasteiger partial charge in [-0.25, -0.2) is 18.0 Å². The van der Waals surface area contributed by atoms with Gasteiger partial charge >= 0.3 is 18.2 Å². The number of sulfonamides is 1. The first-order valence-electron chi connectivity index (χ1n) is 22.5. The number of rotatable bonds is 17. The Balaban J connectivity index is 1.32. The van der Waals surface area contributed by atoms with E-state index in [4.69, 9.17) is 14.2 Å². The van der Waals surface area contributed by atoms with Crippen molar-refractivity contribution < 1.29 is 46.6 Å². The number of piperidine rings is 2. The molecule has 1 aliphatic carbocycles. The Bertz CT molecular complexity index is 1650. The summed E-state index contributed by atoms with van der Waals surface area (Å²) >= 11 is 0. The highest BCUT2D eigenvalue weighted by Crippen LogP contribution is 2.33. The van der Waals surface area contributed by atoms with Gasteiger partial charge in [-0.1, -0.05) is 31.4 Å². The summed E-state index contributed by atoms with van der Waals surface area (Å²) in [6.45, 7) is 14.3. The maximum atomic E-state index is 13.7. The molecule has 15 nitrogen and oxygen atoms in total. The van der Waals surface area contributed by atoms with Crippen molar-refractivity contribution in [1.82, 2.24) is 25.2 Å². The minimum Gasteiger partial charge on any atom is -0.465 e. The largest absolute Gasteiger partial charge is 0.465 e. The predicted molar refractivity (Wildman–Crippen MR) is 232 cm³/mol. The fraction of sp³-hybridized carbons (Fsp3) is 0.756. The normalized spacial score (nSPS) is 18.0. The third-order valence-corrected chi connectivity index (χ3v) is 13.3. The van der Waals surface area contributed by atoms with E-state index in [2.05, 4.69) is 15.4 Å². The molecule has 0 bridgehead atoms. The Labute approximate surface area is 364 Å². The number of hydrogen-bond acceptors (Lipinski definition) is 10. The van der Waals surface area contributed by atoms with E-state index in [1.165, 1.54) is 6.42 Å². The second kappa shape index (κ2) is 23.0. The van der Waals surface area contributed by atoms with Gasteiger partial charge in [-0.2, -0.15) is 4.72 Å². The van der Waals surface area contributed by atoms with Crippen LogP contribution >= 0.6 is 0 Å². The standard InChI is InChI=1S/C45H73N5O10S/c1-8-58-41(53)38(48-61(56,57)37-20-18-35(19-21-37)34-12-10-9-11-13-34)30-46-39(51)31-47-40(52)36(16-14-32-22-26-49(27-23-32)42(54)59-44(2,3)4)17-15-33-24-28-50(29-25-33)43(55)60-45(5,6)7/h18-21,32-34,36,38,48H,8-17,22-31H2,1-7H3,(H,46,51)(H,47,52)/t38-/m0/s1. The number of hydrogen-bond donors (Lipinski definition) is 3. The predicted octanol–water partition coefficient (Wildman–Crippen LogP) is 6.65. The van der Waals surface area contributed by atoms with E-state index in [-0.39, 0.29) is 48.6 Å². The van der Waals surface area contributed by atoms with E-state index in [9.17, 15) is 32.4 Å². The average Bonchev–Trinajstić information content (AvgIpc) is 3.21. The fourth-order valence-corrected chi connectivity index (χ4v) is 9.54. The molecule has 16 heteroatoms. The molecule has 61 heavy (non-hydrogen) atoms. The van der Waals surface area contributed by atoms with Crippen molar-refractivity contribution in [2.45, 2.75) is 160 Å². The van der Waals surface area contributed by atoms with Gasteiger partial charge in [0.15, 0.2) is 0 Å².